The number of nitrogens with zero attached hydrogens (tertiary/aromatic N) is 6. The van der Waals surface area contributed by atoms with Crippen LogP contribution in [0.3, 0.4) is 0 Å². The van der Waals surface area contributed by atoms with E-state index in [4.69, 9.17) is 9.97 Å². The van der Waals surface area contributed by atoms with Gasteiger partial charge in [0.1, 0.15) is 5.82 Å². The second-order valence-corrected chi connectivity index (χ2v) is 12.1. The summed E-state index contributed by atoms with van der Waals surface area (Å²) >= 11 is 0. The zero-order chi connectivity index (χ0) is 23.9. The van der Waals surface area contributed by atoms with Gasteiger partial charge in [-0.25, -0.2) is 13.4 Å². The molecule has 0 amide bonds. The van der Waals surface area contributed by atoms with Crippen LogP contribution in [0, 0.1) is 12.8 Å². The van der Waals surface area contributed by atoms with Crippen LogP contribution in [0.1, 0.15) is 36.6 Å². The predicted octanol–water partition coefficient (Wildman–Crippen LogP) is 2.52. The van der Waals surface area contributed by atoms with Crippen LogP contribution in [0.25, 0.3) is 0 Å². The molecule has 2 fully saturated rings. The molecule has 1 aromatic heterocycles. The number of hydrogen-bond acceptors (Lipinski definition) is 7. The monoisotopic (exact) mass is 484 g/mol. The highest BCUT2D eigenvalue weighted by atomic mass is 32.2. The molecule has 0 bridgehead atoms. The molecule has 0 spiro atoms. The van der Waals surface area contributed by atoms with E-state index in [1.165, 1.54) is 0 Å². The van der Waals surface area contributed by atoms with E-state index in [-0.39, 0.29) is 0 Å². The molecule has 9 heteroatoms. The Morgan fingerprint density at radius 1 is 0.882 bits per heavy atom. The standard InChI is InChI=1S/C25H36N6O2S/c1-19-4-6-21(7-5-19)34(32,33)31-13-10-23-22(18-31)24(29-11-8-20(2)9-12-29)27-25(26-23)30-16-14-28(3)15-17-30/h4-7,20H,8-18H2,1-3H3. The van der Waals surface area contributed by atoms with E-state index in [0.717, 1.165) is 80.7 Å². The summed E-state index contributed by atoms with van der Waals surface area (Å²) in [6, 6.07) is 7.13. The van der Waals surface area contributed by atoms with E-state index in [0.29, 0.717) is 30.3 Å². The molecule has 3 aliphatic heterocycles. The minimum atomic E-state index is -3.57. The summed E-state index contributed by atoms with van der Waals surface area (Å²) in [7, 11) is -1.42. The lowest BCUT2D eigenvalue weighted by Crippen LogP contribution is -2.46. The van der Waals surface area contributed by atoms with Gasteiger partial charge in [0.25, 0.3) is 0 Å². The third kappa shape index (κ3) is 4.65. The van der Waals surface area contributed by atoms with E-state index >= 15 is 0 Å². The Kier molecular flexibility index (Phi) is 6.52. The Balaban J connectivity index is 1.49. The number of likely N-dealkylation sites (N-methyl/N-ethyl adjacent to an activating group) is 1. The maximum atomic E-state index is 13.4. The van der Waals surface area contributed by atoms with E-state index in [1.807, 2.05) is 19.1 Å². The second-order valence-electron chi connectivity index (χ2n) is 10.1. The average Bonchev–Trinajstić information content (AvgIpc) is 2.84. The number of aryl methyl sites for hydroxylation is 1. The Morgan fingerprint density at radius 2 is 1.56 bits per heavy atom. The smallest absolute Gasteiger partial charge is 0.243 e. The molecule has 0 radical (unpaired) electrons. The molecule has 0 unspecified atom stereocenters. The molecule has 0 saturated carbocycles. The first-order valence-corrected chi connectivity index (χ1v) is 13.9. The van der Waals surface area contributed by atoms with Crippen molar-refractivity contribution in [2.24, 2.45) is 5.92 Å². The number of piperidine rings is 1. The lowest BCUT2D eigenvalue weighted by Gasteiger charge is -2.37. The van der Waals surface area contributed by atoms with Gasteiger partial charge in [0.2, 0.25) is 16.0 Å². The van der Waals surface area contributed by atoms with Crippen molar-refractivity contribution in [2.45, 2.75) is 44.6 Å². The molecule has 0 atom stereocenters. The van der Waals surface area contributed by atoms with Crippen LogP contribution >= 0.6 is 0 Å². The van der Waals surface area contributed by atoms with Gasteiger partial charge in [-0.05, 0) is 44.9 Å². The zero-order valence-corrected chi connectivity index (χ0v) is 21.4. The van der Waals surface area contributed by atoms with Crippen LogP contribution in [0.5, 0.6) is 0 Å². The zero-order valence-electron chi connectivity index (χ0n) is 20.6. The first-order chi connectivity index (χ1) is 16.3. The van der Waals surface area contributed by atoms with Crippen molar-refractivity contribution in [3.8, 4) is 0 Å². The number of benzene rings is 1. The molecule has 8 nitrogen and oxygen atoms in total. The minimum Gasteiger partial charge on any atom is -0.356 e. The molecular formula is C25H36N6O2S. The fourth-order valence-electron chi connectivity index (χ4n) is 5.05. The summed E-state index contributed by atoms with van der Waals surface area (Å²) in [6.07, 6.45) is 2.88. The topological polar surface area (TPSA) is 72.9 Å². The van der Waals surface area contributed by atoms with Gasteiger partial charge in [-0.15, -0.1) is 0 Å². The van der Waals surface area contributed by atoms with E-state index in [1.54, 1.807) is 16.4 Å². The largest absolute Gasteiger partial charge is 0.356 e. The molecule has 3 aliphatic rings. The number of fused-ring (bicyclic) bond motifs is 1. The molecule has 34 heavy (non-hydrogen) atoms. The summed E-state index contributed by atoms with van der Waals surface area (Å²) in [5.74, 6) is 2.45. The highest BCUT2D eigenvalue weighted by molar-refractivity contribution is 7.89. The maximum Gasteiger partial charge on any atom is 0.243 e. The molecule has 0 aliphatic carbocycles. The van der Waals surface area contributed by atoms with Gasteiger partial charge in [0, 0.05) is 64.3 Å². The Morgan fingerprint density at radius 3 is 2.24 bits per heavy atom. The van der Waals surface area contributed by atoms with E-state index < -0.39 is 10.0 Å². The fraction of sp³-hybridized carbons (Fsp3) is 0.600. The van der Waals surface area contributed by atoms with Gasteiger partial charge in [0.15, 0.2) is 0 Å². The molecule has 4 heterocycles. The first kappa shape index (κ1) is 23.5. The van der Waals surface area contributed by atoms with Gasteiger partial charge in [-0.3, -0.25) is 0 Å². The predicted molar refractivity (Wildman–Crippen MR) is 135 cm³/mol. The fourth-order valence-corrected chi connectivity index (χ4v) is 6.46. The van der Waals surface area contributed by atoms with Crippen molar-refractivity contribution in [1.29, 1.82) is 0 Å². The molecule has 184 valence electrons. The first-order valence-electron chi connectivity index (χ1n) is 12.5. The Hall–Kier alpha value is -2.23. The summed E-state index contributed by atoms with van der Waals surface area (Å²) < 4.78 is 28.5. The second kappa shape index (κ2) is 9.43. The summed E-state index contributed by atoms with van der Waals surface area (Å²) in [5, 5.41) is 0. The SMILES string of the molecule is Cc1ccc(S(=O)(=O)N2CCc3nc(N4CCN(C)CC4)nc(N4CCC(C)CC4)c3C2)cc1. The van der Waals surface area contributed by atoms with Crippen LogP contribution < -0.4 is 9.80 Å². The number of hydrogen-bond donors (Lipinski definition) is 0. The van der Waals surface area contributed by atoms with Crippen LogP contribution in [0.2, 0.25) is 0 Å². The van der Waals surface area contributed by atoms with E-state index in [2.05, 4.69) is 28.7 Å². The average molecular weight is 485 g/mol. The van der Waals surface area contributed by atoms with Crippen molar-refractivity contribution in [3.63, 3.8) is 0 Å². The third-order valence-electron chi connectivity index (χ3n) is 7.52. The van der Waals surface area contributed by atoms with Crippen LogP contribution in [0.15, 0.2) is 29.2 Å². The molecule has 2 saturated heterocycles. The van der Waals surface area contributed by atoms with Crippen LogP contribution in [0.4, 0.5) is 11.8 Å². The van der Waals surface area contributed by atoms with Gasteiger partial charge in [-0.1, -0.05) is 24.6 Å². The van der Waals surface area contributed by atoms with E-state index in [9.17, 15) is 8.42 Å². The van der Waals surface area contributed by atoms with Gasteiger partial charge >= 0.3 is 0 Å². The molecular weight excluding hydrogens is 448 g/mol. The van der Waals surface area contributed by atoms with Gasteiger partial charge < -0.3 is 14.7 Å². The number of piperazine rings is 1. The quantitative estimate of drug-likeness (QED) is 0.660. The summed E-state index contributed by atoms with van der Waals surface area (Å²) in [4.78, 5) is 17.4. The third-order valence-corrected chi connectivity index (χ3v) is 9.38. The highest BCUT2D eigenvalue weighted by Gasteiger charge is 2.33. The number of rotatable bonds is 4. The lowest BCUT2D eigenvalue weighted by molar-refractivity contribution is 0.310. The van der Waals surface area contributed by atoms with Gasteiger partial charge in [-0.2, -0.15) is 9.29 Å². The molecule has 1 aromatic carbocycles. The minimum absolute atomic E-state index is 0.329. The van der Waals surface area contributed by atoms with Gasteiger partial charge in [0.05, 0.1) is 10.6 Å². The highest BCUT2D eigenvalue weighted by Crippen LogP contribution is 2.33. The Bertz CT molecular complexity index is 1120. The maximum absolute atomic E-state index is 13.4. The van der Waals surface area contributed by atoms with Crippen molar-refractivity contribution < 1.29 is 8.42 Å². The molecule has 0 N–H and O–H groups in total. The lowest BCUT2D eigenvalue weighted by atomic mass is 9.98. The van der Waals surface area contributed by atoms with Crippen LogP contribution in [-0.4, -0.2) is 80.5 Å². The number of aromatic nitrogens is 2. The van der Waals surface area contributed by atoms with Crippen molar-refractivity contribution in [1.82, 2.24) is 19.2 Å². The summed E-state index contributed by atoms with van der Waals surface area (Å²) in [6.45, 7) is 10.8. The van der Waals surface area contributed by atoms with Crippen molar-refractivity contribution in [2.75, 3.05) is 62.7 Å². The van der Waals surface area contributed by atoms with Crippen molar-refractivity contribution in [3.05, 3.63) is 41.1 Å². The Labute approximate surface area is 203 Å². The number of sulfonamides is 1. The molecule has 2 aromatic rings. The molecule has 5 rings (SSSR count). The summed E-state index contributed by atoms with van der Waals surface area (Å²) in [5.41, 5.74) is 3.04. The van der Waals surface area contributed by atoms with Crippen LogP contribution in [-0.2, 0) is 23.0 Å². The van der Waals surface area contributed by atoms with Crippen molar-refractivity contribution >= 4 is 21.8 Å². The normalized spacial score (nSPS) is 21.0. The number of anilines is 2.